The normalized spacial score (nSPS) is 13.4. The average Bonchev–Trinajstić information content (AvgIpc) is 3.02. The Balaban J connectivity index is 2.00. The van der Waals surface area contributed by atoms with Crippen molar-refractivity contribution in [3.63, 3.8) is 0 Å². The Hall–Kier alpha value is -2.97. The molecule has 0 bridgehead atoms. The number of carbonyl (C=O) groups is 3. The Bertz CT molecular complexity index is 651. The van der Waals surface area contributed by atoms with Gasteiger partial charge in [-0.05, 0) is 18.6 Å². The van der Waals surface area contributed by atoms with E-state index in [-0.39, 0.29) is 18.0 Å². The molecule has 0 spiro atoms. The Labute approximate surface area is 145 Å². The molecule has 1 saturated heterocycles. The van der Waals surface area contributed by atoms with E-state index >= 15 is 0 Å². The van der Waals surface area contributed by atoms with E-state index in [1.54, 1.807) is 0 Å². The van der Waals surface area contributed by atoms with Gasteiger partial charge in [0.25, 0.3) is 11.8 Å². The van der Waals surface area contributed by atoms with Crippen molar-refractivity contribution < 1.29 is 28.6 Å². The average molecular weight is 351 g/mol. The number of amides is 3. The van der Waals surface area contributed by atoms with Gasteiger partial charge in [-0.15, -0.1) is 0 Å². The van der Waals surface area contributed by atoms with Crippen LogP contribution in [-0.4, -0.2) is 57.0 Å². The summed E-state index contributed by atoms with van der Waals surface area (Å²) in [4.78, 5) is 37.0. The number of nitrogens with one attached hydrogen (secondary N) is 2. The number of hydrazine groups is 1. The van der Waals surface area contributed by atoms with Gasteiger partial charge in [0.2, 0.25) is 11.7 Å². The maximum Gasteiger partial charge on any atom is 0.269 e. The van der Waals surface area contributed by atoms with Gasteiger partial charge in [0.05, 0.1) is 21.3 Å². The second-order valence-electron chi connectivity index (χ2n) is 5.34. The topological polar surface area (TPSA) is 106 Å². The number of benzene rings is 1. The maximum atomic E-state index is 12.2. The first kappa shape index (κ1) is 18.4. The lowest BCUT2D eigenvalue weighted by Crippen LogP contribution is -2.46. The third-order valence-corrected chi connectivity index (χ3v) is 3.75. The molecule has 0 radical (unpaired) electrons. The van der Waals surface area contributed by atoms with Gasteiger partial charge in [-0.2, -0.15) is 0 Å². The molecule has 1 fully saturated rings. The molecule has 1 aromatic carbocycles. The number of hydrogen-bond donors (Lipinski definition) is 2. The van der Waals surface area contributed by atoms with E-state index in [0.717, 1.165) is 6.42 Å². The van der Waals surface area contributed by atoms with Gasteiger partial charge in [0.1, 0.15) is 6.54 Å². The van der Waals surface area contributed by atoms with Crippen LogP contribution in [0.1, 0.15) is 23.2 Å². The van der Waals surface area contributed by atoms with Crippen LogP contribution in [0.5, 0.6) is 17.2 Å². The van der Waals surface area contributed by atoms with Gasteiger partial charge in [0, 0.05) is 18.5 Å². The highest BCUT2D eigenvalue weighted by Gasteiger charge is 2.23. The van der Waals surface area contributed by atoms with E-state index in [0.29, 0.717) is 30.2 Å². The Kier molecular flexibility index (Phi) is 6.04. The molecule has 9 nitrogen and oxygen atoms in total. The molecular formula is C16H21N3O6. The third kappa shape index (κ3) is 4.31. The van der Waals surface area contributed by atoms with Crippen molar-refractivity contribution in [2.75, 3.05) is 34.4 Å². The molecule has 2 N–H and O–H groups in total. The Morgan fingerprint density at radius 3 is 2.20 bits per heavy atom. The molecule has 1 aliphatic heterocycles. The molecule has 3 amide bonds. The van der Waals surface area contributed by atoms with Crippen LogP contribution in [-0.2, 0) is 9.59 Å². The largest absolute Gasteiger partial charge is 0.493 e. The third-order valence-electron chi connectivity index (χ3n) is 3.75. The minimum atomic E-state index is -0.555. The van der Waals surface area contributed by atoms with Crippen molar-refractivity contribution in [1.29, 1.82) is 0 Å². The first-order valence-corrected chi connectivity index (χ1v) is 7.67. The van der Waals surface area contributed by atoms with Crippen molar-refractivity contribution in [3.8, 4) is 17.2 Å². The molecule has 136 valence electrons. The number of hydrogen-bond acceptors (Lipinski definition) is 6. The summed E-state index contributed by atoms with van der Waals surface area (Å²) in [5, 5.41) is 0. The van der Waals surface area contributed by atoms with Crippen LogP contribution in [0.25, 0.3) is 0 Å². The van der Waals surface area contributed by atoms with E-state index < -0.39 is 11.8 Å². The zero-order valence-electron chi connectivity index (χ0n) is 14.4. The van der Waals surface area contributed by atoms with Crippen LogP contribution in [0.15, 0.2) is 12.1 Å². The fourth-order valence-corrected chi connectivity index (χ4v) is 2.49. The van der Waals surface area contributed by atoms with E-state index in [1.807, 2.05) is 0 Å². The number of ether oxygens (including phenoxy) is 3. The van der Waals surface area contributed by atoms with Gasteiger partial charge in [-0.3, -0.25) is 25.2 Å². The second kappa shape index (κ2) is 8.22. The van der Waals surface area contributed by atoms with E-state index in [9.17, 15) is 14.4 Å². The molecule has 0 aromatic heterocycles. The van der Waals surface area contributed by atoms with E-state index in [2.05, 4.69) is 10.9 Å². The van der Waals surface area contributed by atoms with Crippen LogP contribution in [0, 0.1) is 0 Å². The van der Waals surface area contributed by atoms with Crippen LogP contribution < -0.4 is 25.1 Å². The lowest BCUT2D eigenvalue weighted by atomic mass is 10.1. The van der Waals surface area contributed by atoms with E-state index in [4.69, 9.17) is 14.2 Å². The Morgan fingerprint density at radius 1 is 1.08 bits per heavy atom. The summed E-state index contributed by atoms with van der Waals surface area (Å²) in [6, 6.07) is 2.93. The fraction of sp³-hybridized carbons (Fsp3) is 0.438. The maximum absolute atomic E-state index is 12.2. The summed E-state index contributed by atoms with van der Waals surface area (Å²) >= 11 is 0. The predicted molar refractivity (Wildman–Crippen MR) is 87.5 cm³/mol. The zero-order valence-corrected chi connectivity index (χ0v) is 14.4. The van der Waals surface area contributed by atoms with Gasteiger partial charge in [-0.1, -0.05) is 0 Å². The standard InChI is InChI=1S/C16H21N3O6/c1-23-11-7-10(8-12(24-2)15(11)25-3)16(22)18-17-13(20)9-19-6-4-5-14(19)21/h7-8H,4-6,9H2,1-3H3,(H,17,20)(H,18,22). The van der Waals surface area contributed by atoms with Crippen molar-refractivity contribution in [3.05, 3.63) is 17.7 Å². The molecule has 0 aliphatic carbocycles. The van der Waals surface area contributed by atoms with Gasteiger partial charge in [-0.25, -0.2) is 0 Å². The minimum absolute atomic E-state index is 0.0638. The second-order valence-corrected chi connectivity index (χ2v) is 5.34. The number of nitrogens with zero attached hydrogens (tertiary/aromatic N) is 1. The quantitative estimate of drug-likeness (QED) is 0.704. The van der Waals surface area contributed by atoms with Gasteiger partial charge in [0.15, 0.2) is 11.5 Å². The first-order chi connectivity index (χ1) is 12.0. The summed E-state index contributed by atoms with van der Waals surface area (Å²) in [5.74, 6) is -0.0948. The van der Waals surface area contributed by atoms with Gasteiger partial charge >= 0.3 is 0 Å². The molecule has 25 heavy (non-hydrogen) atoms. The van der Waals surface area contributed by atoms with Crippen LogP contribution in [0.2, 0.25) is 0 Å². The number of methoxy groups -OCH3 is 3. The molecule has 0 saturated carbocycles. The molecule has 0 atom stereocenters. The van der Waals surface area contributed by atoms with Crippen molar-refractivity contribution >= 4 is 17.7 Å². The summed E-state index contributed by atoms with van der Waals surface area (Å²) < 4.78 is 15.5. The SMILES string of the molecule is COc1cc(C(=O)NNC(=O)CN2CCCC2=O)cc(OC)c1OC. The van der Waals surface area contributed by atoms with Crippen molar-refractivity contribution in [1.82, 2.24) is 15.8 Å². The number of carbonyl (C=O) groups excluding carboxylic acids is 3. The van der Waals surface area contributed by atoms with Crippen LogP contribution in [0.4, 0.5) is 0 Å². The summed E-state index contributed by atoms with van der Waals surface area (Å²) in [7, 11) is 4.33. The molecule has 0 unspecified atom stereocenters. The highest BCUT2D eigenvalue weighted by molar-refractivity contribution is 5.97. The summed E-state index contributed by atoms with van der Waals surface area (Å²) in [5.41, 5.74) is 4.80. The number of likely N-dealkylation sites (tertiary alicyclic amines) is 1. The molecule has 1 aliphatic rings. The minimum Gasteiger partial charge on any atom is -0.493 e. The van der Waals surface area contributed by atoms with Crippen LogP contribution >= 0.6 is 0 Å². The van der Waals surface area contributed by atoms with Gasteiger partial charge < -0.3 is 19.1 Å². The monoisotopic (exact) mass is 351 g/mol. The van der Waals surface area contributed by atoms with Crippen LogP contribution in [0.3, 0.4) is 0 Å². The molecule has 2 rings (SSSR count). The zero-order chi connectivity index (χ0) is 18.4. The molecular weight excluding hydrogens is 330 g/mol. The highest BCUT2D eigenvalue weighted by Crippen LogP contribution is 2.38. The Morgan fingerprint density at radius 2 is 1.72 bits per heavy atom. The summed E-state index contributed by atoms with van der Waals surface area (Å²) in [6.45, 7) is 0.460. The molecule has 1 heterocycles. The van der Waals surface area contributed by atoms with E-state index in [1.165, 1.54) is 38.4 Å². The van der Waals surface area contributed by atoms with Crippen molar-refractivity contribution in [2.45, 2.75) is 12.8 Å². The number of rotatable bonds is 6. The lowest BCUT2D eigenvalue weighted by molar-refractivity contribution is -0.133. The summed E-state index contributed by atoms with van der Waals surface area (Å²) in [6.07, 6.45) is 1.19. The predicted octanol–water partition coefficient (Wildman–Crippen LogP) is 0.0958. The smallest absolute Gasteiger partial charge is 0.269 e. The fourth-order valence-electron chi connectivity index (χ4n) is 2.49. The lowest BCUT2D eigenvalue weighted by Gasteiger charge is -2.16. The molecule has 9 heteroatoms. The highest BCUT2D eigenvalue weighted by atomic mass is 16.5. The first-order valence-electron chi connectivity index (χ1n) is 7.67. The van der Waals surface area contributed by atoms with Crippen molar-refractivity contribution in [2.24, 2.45) is 0 Å². The molecule has 1 aromatic rings.